The number of halogens is 1. The Morgan fingerprint density at radius 2 is 2.28 bits per heavy atom. The van der Waals surface area contributed by atoms with Crippen LogP contribution in [0.25, 0.3) is 0 Å². The van der Waals surface area contributed by atoms with Crippen molar-refractivity contribution in [1.82, 2.24) is 5.32 Å². The van der Waals surface area contributed by atoms with Gasteiger partial charge < -0.3 is 10.1 Å². The molecule has 1 fully saturated rings. The summed E-state index contributed by atoms with van der Waals surface area (Å²) in [4.78, 5) is 11.6. The first kappa shape index (κ1) is 13.2. The highest BCUT2D eigenvalue weighted by atomic mass is 35.5. The molecule has 98 valence electrons. The van der Waals surface area contributed by atoms with E-state index in [2.05, 4.69) is 5.32 Å². The number of aryl methyl sites for hydroxylation is 1. The number of hydrogen-bond donors (Lipinski definition) is 1. The highest BCUT2D eigenvalue weighted by Gasteiger charge is 2.24. The lowest BCUT2D eigenvalue weighted by Gasteiger charge is -2.24. The van der Waals surface area contributed by atoms with Crippen molar-refractivity contribution in [3.63, 3.8) is 0 Å². The molecule has 4 heteroatoms. The summed E-state index contributed by atoms with van der Waals surface area (Å²) in [6.45, 7) is 2.96. The lowest BCUT2D eigenvalue weighted by Crippen LogP contribution is -2.36. The fraction of sp³-hybridized carbons (Fsp3) is 0.500. The summed E-state index contributed by atoms with van der Waals surface area (Å²) in [6, 6.07) is 5.66. The molecule has 1 aromatic rings. The minimum Gasteiger partial charge on any atom is -0.490 e. The number of carbonyl (C=O) groups excluding carboxylic acids is 1. The van der Waals surface area contributed by atoms with E-state index in [9.17, 15) is 4.79 Å². The summed E-state index contributed by atoms with van der Waals surface area (Å²) in [6.07, 6.45) is 3.22. The van der Waals surface area contributed by atoms with Crippen molar-refractivity contribution in [2.75, 3.05) is 13.2 Å². The maximum absolute atomic E-state index is 11.6. The van der Waals surface area contributed by atoms with Crippen molar-refractivity contribution in [2.24, 2.45) is 5.92 Å². The Morgan fingerprint density at radius 3 is 2.94 bits per heavy atom. The van der Waals surface area contributed by atoms with Crippen LogP contribution in [-0.2, 0) is 4.79 Å². The second kappa shape index (κ2) is 6.10. The molecule has 18 heavy (non-hydrogen) atoms. The normalized spacial score (nSPS) is 15.0. The van der Waals surface area contributed by atoms with E-state index in [4.69, 9.17) is 16.3 Å². The SMILES string of the molecule is Cc1ccc(Cl)c(OCCNC(=O)C2CCC2)c1. The lowest BCUT2D eigenvalue weighted by atomic mass is 9.85. The van der Waals surface area contributed by atoms with Crippen LogP contribution in [-0.4, -0.2) is 19.1 Å². The van der Waals surface area contributed by atoms with Gasteiger partial charge >= 0.3 is 0 Å². The molecule has 0 bridgehead atoms. The Bertz CT molecular complexity index is 430. The highest BCUT2D eigenvalue weighted by molar-refractivity contribution is 6.32. The molecular weight excluding hydrogens is 250 g/mol. The van der Waals surface area contributed by atoms with Gasteiger partial charge in [-0.3, -0.25) is 4.79 Å². The maximum atomic E-state index is 11.6. The molecule has 0 aromatic heterocycles. The Balaban J connectivity index is 1.71. The summed E-state index contributed by atoms with van der Waals surface area (Å²) in [7, 11) is 0. The molecule has 0 saturated heterocycles. The van der Waals surface area contributed by atoms with Gasteiger partial charge in [0.1, 0.15) is 12.4 Å². The molecule has 0 heterocycles. The average Bonchev–Trinajstić information content (AvgIpc) is 2.26. The number of ether oxygens (including phenoxy) is 1. The third kappa shape index (κ3) is 3.39. The van der Waals surface area contributed by atoms with Crippen LogP contribution in [0.5, 0.6) is 5.75 Å². The largest absolute Gasteiger partial charge is 0.490 e. The molecule has 1 aliphatic rings. The Kier molecular flexibility index (Phi) is 4.48. The van der Waals surface area contributed by atoms with E-state index >= 15 is 0 Å². The van der Waals surface area contributed by atoms with Crippen LogP contribution in [0.2, 0.25) is 5.02 Å². The van der Waals surface area contributed by atoms with E-state index in [0.717, 1.165) is 18.4 Å². The first-order chi connectivity index (χ1) is 8.66. The van der Waals surface area contributed by atoms with Gasteiger partial charge in [0, 0.05) is 5.92 Å². The summed E-state index contributed by atoms with van der Waals surface area (Å²) in [5.41, 5.74) is 1.10. The van der Waals surface area contributed by atoms with Crippen molar-refractivity contribution in [3.05, 3.63) is 28.8 Å². The molecule has 2 rings (SSSR count). The molecule has 3 nitrogen and oxygen atoms in total. The van der Waals surface area contributed by atoms with E-state index in [1.807, 2.05) is 25.1 Å². The second-order valence-corrected chi connectivity index (χ2v) is 5.11. The summed E-state index contributed by atoms with van der Waals surface area (Å²) >= 11 is 6.01. The molecule has 0 aliphatic heterocycles. The molecule has 1 N–H and O–H groups in total. The lowest BCUT2D eigenvalue weighted by molar-refractivity contribution is -0.127. The zero-order valence-corrected chi connectivity index (χ0v) is 11.3. The molecule has 1 amide bonds. The molecule has 1 aromatic carbocycles. The van der Waals surface area contributed by atoms with Gasteiger partial charge in [-0.25, -0.2) is 0 Å². The quantitative estimate of drug-likeness (QED) is 0.833. The van der Waals surface area contributed by atoms with E-state index in [1.54, 1.807) is 0 Å². The smallest absolute Gasteiger partial charge is 0.223 e. The molecule has 0 atom stereocenters. The van der Waals surface area contributed by atoms with Crippen molar-refractivity contribution in [1.29, 1.82) is 0 Å². The van der Waals surface area contributed by atoms with Crippen LogP contribution >= 0.6 is 11.6 Å². The topological polar surface area (TPSA) is 38.3 Å². The predicted octanol–water partition coefficient (Wildman–Crippen LogP) is 2.94. The van der Waals surface area contributed by atoms with Crippen molar-refractivity contribution >= 4 is 17.5 Å². The number of hydrogen-bond acceptors (Lipinski definition) is 2. The van der Waals surface area contributed by atoms with E-state index in [0.29, 0.717) is 23.9 Å². The summed E-state index contributed by atoms with van der Waals surface area (Å²) < 4.78 is 5.55. The first-order valence-corrected chi connectivity index (χ1v) is 6.71. The summed E-state index contributed by atoms with van der Waals surface area (Å²) in [5, 5.41) is 3.48. The molecule has 0 radical (unpaired) electrons. The van der Waals surface area contributed by atoms with Crippen LogP contribution in [0.3, 0.4) is 0 Å². The van der Waals surface area contributed by atoms with Crippen LogP contribution in [0.4, 0.5) is 0 Å². The number of nitrogens with one attached hydrogen (secondary N) is 1. The standard InChI is InChI=1S/C14H18ClNO2/c1-10-5-6-12(15)13(9-10)18-8-7-16-14(17)11-3-2-4-11/h5-6,9,11H,2-4,7-8H2,1H3,(H,16,17). The average molecular weight is 268 g/mol. The van der Waals surface area contributed by atoms with Crippen molar-refractivity contribution < 1.29 is 9.53 Å². The minimum absolute atomic E-state index is 0.153. The Hall–Kier alpha value is -1.22. The van der Waals surface area contributed by atoms with Gasteiger partial charge in [0.2, 0.25) is 5.91 Å². The summed E-state index contributed by atoms with van der Waals surface area (Å²) in [5.74, 6) is 1.06. The molecule has 1 aliphatic carbocycles. The highest BCUT2D eigenvalue weighted by Crippen LogP contribution is 2.26. The van der Waals surface area contributed by atoms with Crippen LogP contribution in [0.15, 0.2) is 18.2 Å². The third-order valence-corrected chi connectivity index (χ3v) is 3.53. The number of carbonyl (C=O) groups is 1. The molecule has 0 unspecified atom stereocenters. The van der Waals surface area contributed by atoms with Crippen LogP contribution in [0, 0.1) is 12.8 Å². The van der Waals surface area contributed by atoms with E-state index in [1.165, 1.54) is 6.42 Å². The minimum atomic E-state index is 0.153. The van der Waals surface area contributed by atoms with Gasteiger partial charge in [0.25, 0.3) is 0 Å². The third-order valence-electron chi connectivity index (χ3n) is 3.22. The van der Waals surface area contributed by atoms with Gasteiger partial charge in [0.05, 0.1) is 11.6 Å². The molecule has 0 spiro atoms. The van der Waals surface area contributed by atoms with Crippen LogP contribution in [0.1, 0.15) is 24.8 Å². The number of amides is 1. The second-order valence-electron chi connectivity index (χ2n) is 4.70. The predicted molar refractivity (Wildman–Crippen MR) is 72.0 cm³/mol. The van der Waals surface area contributed by atoms with Gasteiger partial charge in [-0.2, -0.15) is 0 Å². The van der Waals surface area contributed by atoms with Crippen LogP contribution < -0.4 is 10.1 Å². The Labute approximate surface area is 112 Å². The van der Waals surface area contributed by atoms with Gasteiger partial charge in [-0.15, -0.1) is 0 Å². The molecular formula is C14H18ClNO2. The maximum Gasteiger partial charge on any atom is 0.223 e. The Morgan fingerprint density at radius 1 is 1.50 bits per heavy atom. The van der Waals surface area contributed by atoms with E-state index in [-0.39, 0.29) is 11.8 Å². The monoisotopic (exact) mass is 267 g/mol. The molecule has 1 saturated carbocycles. The fourth-order valence-electron chi connectivity index (χ4n) is 1.87. The van der Waals surface area contributed by atoms with E-state index < -0.39 is 0 Å². The van der Waals surface area contributed by atoms with Crippen molar-refractivity contribution in [3.8, 4) is 5.75 Å². The zero-order valence-electron chi connectivity index (χ0n) is 10.5. The van der Waals surface area contributed by atoms with Gasteiger partial charge in [-0.05, 0) is 37.5 Å². The first-order valence-electron chi connectivity index (χ1n) is 6.33. The van der Waals surface area contributed by atoms with Crippen molar-refractivity contribution in [2.45, 2.75) is 26.2 Å². The fourth-order valence-corrected chi connectivity index (χ4v) is 2.04. The van der Waals surface area contributed by atoms with Gasteiger partial charge in [0.15, 0.2) is 0 Å². The number of benzene rings is 1. The number of rotatable bonds is 5. The zero-order chi connectivity index (χ0) is 13.0. The van der Waals surface area contributed by atoms with Gasteiger partial charge in [-0.1, -0.05) is 24.1 Å².